The van der Waals surface area contributed by atoms with Crippen LogP contribution in [0.15, 0.2) is 115 Å². The topological polar surface area (TPSA) is 110 Å². The first-order chi connectivity index (χ1) is 21.9. The van der Waals surface area contributed by atoms with Gasteiger partial charge in [0.25, 0.3) is 11.5 Å². The molecule has 1 amide bonds. The van der Waals surface area contributed by atoms with E-state index in [-0.39, 0.29) is 12.1 Å². The van der Waals surface area contributed by atoms with Crippen molar-refractivity contribution in [2.24, 2.45) is 0 Å². The van der Waals surface area contributed by atoms with Gasteiger partial charge in [-0.1, -0.05) is 60.7 Å². The second-order valence-electron chi connectivity index (χ2n) is 11.0. The van der Waals surface area contributed by atoms with Crippen LogP contribution < -0.4 is 10.5 Å². The normalized spacial score (nSPS) is 13.1. The second kappa shape index (κ2) is 13.3. The lowest BCUT2D eigenvalue weighted by Crippen LogP contribution is -2.51. The predicted octanol–water partition coefficient (Wildman–Crippen LogP) is 3.56. The first kappa shape index (κ1) is 29.4. The Morgan fingerprint density at radius 2 is 1.38 bits per heavy atom. The molecule has 10 nitrogen and oxygen atoms in total. The lowest BCUT2D eigenvalue weighted by atomic mass is 10.0. The molecule has 0 aliphatic carbocycles. The molecule has 1 aliphatic rings. The Kier molecular flexibility index (Phi) is 8.72. The summed E-state index contributed by atoms with van der Waals surface area (Å²) in [5, 5.41) is 4.13. The molecule has 1 fully saturated rings. The molecule has 0 radical (unpaired) electrons. The number of pyridine rings is 1. The van der Waals surface area contributed by atoms with Gasteiger partial charge in [-0.2, -0.15) is 5.10 Å². The Hall–Kier alpha value is -5.64. The maximum absolute atomic E-state index is 13.5. The van der Waals surface area contributed by atoms with E-state index in [1.165, 1.54) is 15.8 Å². The third kappa shape index (κ3) is 6.96. The zero-order valence-corrected chi connectivity index (χ0v) is 24.7. The van der Waals surface area contributed by atoms with Gasteiger partial charge in [0, 0.05) is 38.1 Å². The summed E-state index contributed by atoms with van der Waals surface area (Å²) in [6.45, 7) is 2.06. The van der Waals surface area contributed by atoms with Gasteiger partial charge < -0.3 is 14.4 Å². The molecule has 0 saturated carbocycles. The van der Waals surface area contributed by atoms with Crippen LogP contribution in [0.25, 0.3) is 5.69 Å². The van der Waals surface area contributed by atoms with Crippen molar-refractivity contribution in [2.75, 3.05) is 31.1 Å². The maximum atomic E-state index is 13.5. The van der Waals surface area contributed by atoms with Crippen LogP contribution in [0.1, 0.15) is 33.5 Å². The molecule has 1 aliphatic heterocycles. The van der Waals surface area contributed by atoms with E-state index >= 15 is 0 Å². The Labute approximate surface area is 260 Å². The molecule has 0 spiro atoms. The van der Waals surface area contributed by atoms with Crippen molar-refractivity contribution in [1.82, 2.24) is 24.2 Å². The minimum Gasteiger partial charge on any atom is -0.368 e. The number of ketones is 2. The Morgan fingerprint density at radius 3 is 2.02 bits per heavy atom. The molecular weight excluding hydrogens is 568 g/mol. The summed E-state index contributed by atoms with van der Waals surface area (Å²) in [6.07, 6.45) is 4.72. The second-order valence-corrected chi connectivity index (χ2v) is 11.0. The third-order valence-corrected chi connectivity index (χ3v) is 7.91. The summed E-state index contributed by atoms with van der Waals surface area (Å²) in [6, 6.07) is 28.6. The molecule has 0 N–H and O–H groups in total. The number of Topliss-reactive ketones (excluding diaryl/α,β-unsaturated/α-hetero) is 2. The zero-order chi connectivity index (χ0) is 31.2. The van der Waals surface area contributed by atoms with Gasteiger partial charge in [0.2, 0.25) is 5.78 Å². The number of rotatable bonds is 10. The summed E-state index contributed by atoms with van der Waals surface area (Å²) >= 11 is 0. The number of hydrogen-bond acceptors (Lipinski definition) is 7. The summed E-state index contributed by atoms with van der Waals surface area (Å²) < 4.78 is 3.18. The highest BCUT2D eigenvalue weighted by atomic mass is 16.2. The first-order valence-electron chi connectivity index (χ1n) is 14.8. The third-order valence-electron chi connectivity index (χ3n) is 7.91. The van der Waals surface area contributed by atoms with E-state index in [2.05, 4.69) is 15.0 Å². The number of carbonyl (C=O) groups excluding carboxylic acids is 3. The van der Waals surface area contributed by atoms with Crippen LogP contribution in [0.4, 0.5) is 5.69 Å². The molecule has 0 unspecified atom stereocenters. The maximum Gasteiger partial charge on any atom is 0.290 e. The van der Waals surface area contributed by atoms with Crippen LogP contribution in [0, 0.1) is 0 Å². The smallest absolute Gasteiger partial charge is 0.290 e. The van der Waals surface area contributed by atoms with Crippen LogP contribution >= 0.6 is 0 Å². The highest BCUT2D eigenvalue weighted by molar-refractivity contribution is 6.40. The van der Waals surface area contributed by atoms with Crippen molar-refractivity contribution in [3.63, 3.8) is 0 Å². The van der Waals surface area contributed by atoms with E-state index in [4.69, 9.17) is 0 Å². The average Bonchev–Trinajstić information content (AvgIpc) is 3.62. The van der Waals surface area contributed by atoms with Gasteiger partial charge >= 0.3 is 0 Å². The van der Waals surface area contributed by atoms with E-state index in [1.807, 2.05) is 84.9 Å². The van der Waals surface area contributed by atoms with Crippen molar-refractivity contribution < 1.29 is 14.4 Å². The highest BCUT2D eigenvalue weighted by Crippen LogP contribution is 2.19. The minimum absolute atomic E-state index is 0.0836. The van der Waals surface area contributed by atoms with Gasteiger partial charge in [-0.3, -0.25) is 19.2 Å². The molecule has 3 aromatic carbocycles. The number of nitrogens with zero attached hydrogens (tertiary/aromatic N) is 6. The van der Waals surface area contributed by atoms with Crippen LogP contribution in [-0.4, -0.2) is 67.9 Å². The number of aromatic nitrogens is 4. The van der Waals surface area contributed by atoms with E-state index in [1.54, 1.807) is 23.3 Å². The summed E-state index contributed by atoms with van der Waals surface area (Å²) in [4.78, 5) is 60.6. The van der Waals surface area contributed by atoms with Crippen molar-refractivity contribution in [3.05, 3.63) is 142 Å². The molecule has 1 saturated heterocycles. The molecule has 5 aromatic rings. The number of amides is 1. The molecule has 2 aromatic heterocycles. The molecule has 0 atom stereocenters. The zero-order valence-electron chi connectivity index (χ0n) is 24.7. The van der Waals surface area contributed by atoms with Gasteiger partial charge in [0.15, 0.2) is 5.78 Å². The fourth-order valence-corrected chi connectivity index (χ4v) is 5.54. The van der Waals surface area contributed by atoms with E-state index < -0.39 is 29.5 Å². The number of piperazine rings is 1. The highest BCUT2D eigenvalue weighted by Gasteiger charge is 2.29. The van der Waals surface area contributed by atoms with Gasteiger partial charge in [-0.05, 0) is 53.4 Å². The fraction of sp³-hybridized carbons (Fsp3) is 0.200. The Morgan fingerprint density at radius 1 is 0.733 bits per heavy atom. The van der Waals surface area contributed by atoms with Gasteiger partial charge in [-0.15, -0.1) is 0 Å². The number of hydrogen-bond donors (Lipinski definition) is 0. The predicted molar refractivity (Wildman–Crippen MR) is 170 cm³/mol. The van der Waals surface area contributed by atoms with E-state index in [0.29, 0.717) is 32.6 Å². The molecule has 0 bridgehead atoms. The van der Waals surface area contributed by atoms with Gasteiger partial charge in [-0.25, -0.2) is 9.67 Å². The molecule has 3 heterocycles. The first-order valence-corrected chi connectivity index (χ1v) is 14.8. The fourth-order valence-electron chi connectivity index (χ4n) is 5.54. The lowest BCUT2D eigenvalue weighted by Gasteiger charge is -2.35. The SMILES string of the molecule is O=C(CC(=O)c1cc(Cc2ccccc2)cn(Cc2ccccc2)c1=O)C(=O)N1CCN(c2ccc(-n3cncn3)cc2)CC1. The Bertz CT molecular complexity index is 1840. The quantitative estimate of drug-likeness (QED) is 0.137. The minimum atomic E-state index is -0.812. The summed E-state index contributed by atoms with van der Waals surface area (Å²) in [7, 11) is 0. The van der Waals surface area contributed by atoms with Crippen LogP contribution in [0.5, 0.6) is 0 Å². The monoisotopic (exact) mass is 600 g/mol. The molecular formula is C35H32N6O4. The van der Waals surface area contributed by atoms with Crippen LogP contribution in [0.2, 0.25) is 0 Å². The summed E-state index contributed by atoms with van der Waals surface area (Å²) in [5.41, 5.74) is 4.02. The molecule has 45 heavy (non-hydrogen) atoms. The van der Waals surface area contributed by atoms with E-state index in [0.717, 1.165) is 28.1 Å². The number of benzene rings is 3. The Balaban J connectivity index is 1.12. The largest absolute Gasteiger partial charge is 0.368 e. The number of anilines is 1. The van der Waals surface area contributed by atoms with Crippen molar-refractivity contribution in [3.8, 4) is 5.69 Å². The van der Waals surface area contributed by atoms with Crippen LogP contribution in [-0.2, 0) is 22.6 Å². The van der Waals surface area contributed by atoms with E-state index in [9.17, 15) is 19.2 Å². The van der Waals surface area contributed by atoms with Crippen molar-refractivity contribution in [1.29, 1.82) is 0 Å². The van der Waals surface area contributed by atoms with Gasteiger partial charge in [0.1, 0.15) is 12.7 Å². The molecule has 10 heteroatoms. The standard InChI is InChI=1S/C35H32N6O4/c42-32(31-20-28(19-26-7-3-1-4-8-26)23-40(34(31)44)22-27-9-5-2-6-10-27)21-33(43)35(45)39-17-15-38(16-18-39)29-11-13-30(14-12-29)41-25-36-24-37-41/h1-14,20,23-25H,15-19,21-22H2. The van der Waals surface area contributed by atoms with Gasteiger partial charge in [0.05, 0.1) is 24.2 Å². The van der Waals surface area contributed by atoms with Crippen molar-refractivity contribution >= 4 is 23.2 Å². The lowest BCUT2D eigenvalue weighted by molar-refractivity contribution is -0.144. The van der Waals surface area contributed by atoms with Crippen LogP contribution in [0.3, 0.4) is 0 Å². The number of carbonyl (C=O) groups is 3. The molecule has 226 valence electrons. The van der Waals surface area contributed by atoms with Crippen molar-refractivity contribution in [2.45, 2.75) is 19.4 Å². The average molecular weight is 601 g/mol. The summed E-state index contributed by atoms with van der Waals surface area (Å²) in [5.74, 6) is -2.16. The molecule has 6 rings (SSSR count).